The highest BCUT2D eigenvalue weighted by atomic mass is 32.2. The fourth-order valence-electron chi connectivity index (χ4n) is 4.19. The van der Waals surface area contributed by atoms with Crippen molar-refractivity contribution in [1.29, 1.82) is 0 Å². The Morgan fingerprint density at radius 1 is 0.879 bits per heavy atom. The van der Waals surface area contributed by atoms with Crippen LogP contribution in [0, 0.1) is 0 Å². The van der Waals surface area contributed by atoms with Crippen molar-refractivity contribution in [2.45, 2.75) is 4.90 Å². The first-order valence-corrected chi connectivity index (χ1v) is 12.2. The fourth-order valence-corrected chi connectivity index (χ4v) is 5.63. The van der Waals surface area contributed by atoms with Crippen LogP contribution in [0.25, 0.3) is 10.8 Å². The smallest absolute Gasteiger partial charge is 0.257 e. The van der Waals surface area contributed by atoms with Crippen LogP contribution in [-0.4, -0.2) is 70.0 Å². The van der Waals surface area contributed by atoms with E-state index in [2.05, 4.69) is 0 Å². The van der Waals surface area contributed by atoms with Gasteiger partial charge in [-0.15, -0.1) is 0 Å². The fraction of sp³-hybridized carbons (Fsp3) is 0.292. The zero-order chi connectivity index (χ0) is 23.0. The third kappa shape index (κ3) is 3.98. The lowest BCUT2D eigenvalue weighted by molar-refractivity contribution is 0.0694. The molecule has 0 radical (unpaired) electrons. The van der Waals surface area contributed by atoms with E-state index in [1.54, 1.807) is 18.1 Å². The molecular formula is C24H24N2O6S. The molecule has 0 unspecified atom stereocenters. The number of benzene rings is 3. The Morgan fingerprint density at radius 3 is 2.24 bits per heavy atom. The van der Waals surface area contributed by atoms with Crippen LogP contribution in [0.1, 0.15) is 10.4 Å². The first kappa shape index (κ1) is 21.5. The van der Waals surface area contributed by atoms with E-state index in [1.807, 2.05) is 36.4 Å². The van der Waals surface area contributed by atoms with Crippen LogP contribution >= 0.6 is 0 Å². The van der Waals surface area contributed by atoms with Crippen LogP contribution in [-0.2, 0) is 10.0 Å². The van der Waals surface area contributed by atoms with Crippen molar-refractivity contribution >= 4 is 26.7 Å². The van der Waals surface area contributed by atoms with Gasteiger partial charge in [-0.05, 0) is 35.0 Å². The molecule has 0 aliphatic carbocycles. The molecule has 0 saturated carbocycles. The largest absolute Gasteiger partial charge is 0.496 e. The van der Waals surface area contributed by atoms with Gasteiger partial charge in [0.15, 0.2) is 11.5 Å². The zero-order valence-electron chi connectivity index (χ0n) is 18.2. The lowest BCUT2D eigenvalue weighted by Crippen LogP contribution is -2.50. The Balaban J connectivity index is 1.33. The number of hydrogen-bond acceptors (Lipinski definition) is 6. The average molecular weight is 469 g/mol. The minimum Gasteiger partial charge on any atom is -0.496 e. The highest BCUT2D eigenvalue weighted by Crippen LogP contribution is 2.33. The number of sulfonamides is 1. The minimum absolute atomic E-state index is 0.155. The molecule has 1 amide bonds. The molecule has 172 valence electrons. The summed E-state index contributed by atoms with van der Waals surface area (Å²) < 4.78 is 44.2. The van der Waals surface area contributed by atoms with E-state index in [-0.39, 0.29) is 23.9 Å². The molecule has 0 spiro atoms. The standard InChI is InChI=1S/C24H24N2O6S/c1-30-22-15-18-5-3-2-4-17(18)14-20(22)24(27)25-8-10-26(11-9-25)33(28,29)19-6-7-21-23(16-19)32-13-12-31-21/h2-7,14-16H,8-13H2,1H3. The molecule has 3 aromatic rings. The SMILES string of the molecule is COc1cc2ccccc2cc1C(=O)N1CCN(S(=O)(=O)c2ccc3c(c2)OCCO3)CC1. The van der Waals surface area contributed by atoms with Crippen LogP contribution < -0.4 is 14.2 Å². The van der Waals surface area contributed by atoms with Crippen LogP contribution in [0.5, 0.6) is 17.2 Å². The Hall–Kier alpha value is -3.30. The van der Waals surface area contributed by atoms with Crippen LogP contribution in [0.2, 0.25) is 0 Å². The van der Waals surface area contributed by atoms with E-state index in [0.29, 0.717) is 49.1 Å². The van der Waals surface area contributed by atoms with Gasteiger partial charge in [0.05, 0.1) is 17.6 Å². The molecule has 9 heteroatoms. The predicted octanol–water partition coefficient (Wildman–Crippen LogP) is 2.77. The van der Waals surface area contributed by atoms with Gasteiger partial charge in [-0.25, -0.2) is 8.42 Å². The average Bonchev–Trinajstić information content (AvgIpc) is 2.87. The summed E-state index contributed by atoms with van der Waals surface area (Å²) in [5.74, 6) is 1.30. The van der Waals surface area contributed by atoms with Crippen molar-refractivity contribution in [3.8, 4) is 17.2 Å². The first-order valence-electron chi connectivity index (χ1n) is 10.7. The normalized spacial score (nSPS) is 16.6. The van der Waals surface area contributed by atoms with Gasteiger partial charge < -0.3 is 19.1 Å². The molecule has 8 nitrogen and oxygen atoms in total. The quantitative estimate of drug-likeness (QED) is 0.585. The molecule has 1 saturated heterocycles. The number of methoxy groups -OCH3 is 1. The molecule has 2 aliphatic rings. The van der Waals surface area contributed by atoms with E-state index in [0.717, 1.165) is 10.8 Å². The van der Waals surface area contributed by atoms with E-state index in [1.165, 1.54) is 16.4 Å². The number of carbonyl (C=O) groups is 1. The van der Waals surface area contributed by atoms with Gasteiger partial charge in [-0.3, -0.25) is 4.79 Å². The van der Waals surface area contributed by atoms with Gasteiger partial charge in [-0.1, -0.05) is 24.3 Å². The van der Waals surface area contributed by atoms with Crippen LogP contribution in [0.15, 0.2) is 59.5 Å². The predicted molar refractivity (Wildman–Crippen MR) is 123 cm³/mol. The number of amides is 1. The van der Waals surface area contributed by atoms with Gasteiger partial charge in [-0.2, -0.15) is 4.31 Å². The minimum atomic E-state index is -3.72. The number of rotatable bonds is 4. The van der Waals surface area contributed by atoms with Crippen molar-refractivity contribution in [2.24, 2.45) is 0 Å². The lowest BCUT2D eigenvalue weighted by Gasteiger charge is -2.34. The second-order valence-corrected chi connectivity index (χ2v) is 9.84. The number of piperazine rings is 1. The van der Waals surface area contributed by atoms with Crippen molar-refractivity contribution < 1.29 is 27.4 Å². The molecule has 0 bridgehead atoms. The zero-order valence-corrected chi connectivity index (χ0v) is 19.0. The summed E-state index contributed by atoms with van der Waals surface area (Å²) in [4.78, 5) is 15.1. The molecule has 0 atom stereocenters. The number of hydrogen-bond donors (Lipinski definition) is 0. The lowest BCUT2D eigenvalue weighted by atomic mass is 10.0. The molecule has 0 aromatic heterocycles. The van der Waals surface area contributed by atoms with Crippen molar-refractivity contribution in [3.63, 3.8) is 0 Å². The second-order valence-electron chi connectivity index (χ2n) is 7.90. The summed E-state index contributed by atoms with van der Waals surface area (Å²) >= 11 is 0. The highest BCUT2D eigenvalue weighted by Gasteiger charge is 2.32. The Labute approximate surface area is 192 Å². The molecule has 2 heterocycles. The van der Waals surface area contributed by atoms with Crippen LogP contribution in [0.4, 0.5) is 0 Å². The third-order valence-electron chi connectivity index (χ3n) is 5.98. The molecule has 33 heavy (non-hydrogen) atoms. The Kier molecular flexibility index (Phi) is 5.59. The van der Waals surface area contributed by atoms with E-state index >= 15 is 0 Å². The Bertz CT molecular complexity index is 1320. The maximum atomic E-state index is 13.3. The molecule has 0 N–H and O–H groups in total. The Morgan fingerprint density at radius 2 is 1.55 bits per heavy atom. The van der Waals surface area contributed by atoms with Crippen molar-refractivity contribution in [3.05, 3.63) is 60.2 Å². The topological polar surface area (TPSA) is 85.4 Å². The van der Waals surface area contributed by atoms with Crippen molar-refractivity contribution in [1.82, 2.24) is 9.21 Å². The molecule has 2 aliphatic heterocycles. The number of carbonyl (C=O) groups excluding carboxylic acids is 1. The first-order chi connectivity index (χ1) is 16.0. The molecule has 5 rings (SSSR count). The van der Waals surface area contributed by atoms with Gasteiger partial charge in [0.25, 0.3) is 5.91 Å². The monoisotopic (exact) mass is 468 g/mol. The maximum Gasteiger partial charge on any atom is 0.257 e. The molecule has 3 aromatic carbocycles. The summed E-state index contributed by atoms with van der Waals surface area (Å²) in [7, 11) is -2.18. The summed E-state index contributed by atoms with van der Waals surface area (Å²) in [5.41, 5.74) is 0.472. The van der Waals surface area contributed by atoms with E-state index in [9.17, 15) is 13.2 Å². The summed E-state index contributed by atoms with van der Waals surface area (Å²) in [6, 6.07) is 16.1. The van der Waals surface area contributed by atoms with Crippen LogP contribution in [0.3, 0.4) is 0 Å². The summed E-state index contributed by atoms with van der Waals surface area (Å²) in [6.07, 6.45) is 0. The number of fused-ring (bicyclic) bond motifs is 2. The molecule has 1 fully saturated rings. The van der Waals surface area contributed by atoms with E-state index < -0.39 is 10.0 Å². The molecular weight excluding hydrogens is 444 g/mol. The van der Waals surface area contributed by atoms with Crippen molar-refractivity contribution in [2.75, 3.05) is 46.5 Å². The van der Waals surface area contributed by atoms with Gasteiger partial charge >= 0.3 is 0 Å². The van der Waals surface area contributed by atoms with E-state index in [4.69, 9.17) is 14.2 Å². The van der Waals surface area contributed by atoms with Gasteiger partial charge in [0.2, 0.25) is 10.0 Å². The number of nitrogens with zero attached hydrogens (tertiary/aromatic N) is 2. The summed E-state index contributed by atoms with van der Waals surface area (Å²) in [6.45, 7) is 1.82. The second kappa shape index (κ2) is 8.57. The highest BCUT2D eigenvalue weighted by molar-refractivity contribution is 7.89. The van der Waals surface area contributed by atoms with Gasteiger partial charge in [0.1, 0.15) is 19.0 Å². The maximum absolute atomic E-state index is 13.3. The number of ether oxygens (including phenoxy) is 3. The van der Waals surface area contributed by atoms with Gasteiger partial charge in [0, 0.05) is 32.2 Å². The third-order valence-corrected chi connectivity index (χ3v) is 7.87. The summed E-state index contributed by atoms with van der Waals surface area (Å²) in [5, 5.41) is 1.93.